The van der Waals surface area contributed by atoms with Gasteiger partial charge in [0.05, 0.1) is 43.9 Å². The molecule has 6 rings (SSSR count). The van der Waals surface area contributed by atoms with Crippen LogP contribution in [0, 0.1) is 17.8 Å². The Kier molecular flexibility index (Phi) is 10.9. The van der Waals surface area contributed by atoms with Crippen LogP contribution in [0.5, 0.6) is 0 Å². The van der Waals surface area contributed by atoms with Gasteiger partial charge in [0, 0.05) is 39.1 Å². The lowest BCUT2D eigenvalue weighted by Gasteiger charge is -2.39. The molecule has 0 unspecified atom stereocenters. The molecule has 0 aromatic heterocycles. The van der Waals surface area contributed by atoms with Crippen molar-refractivity contribution in [2.45, 2.75) is 76.0 Å². The average molecular weight is 679 g/mol. The number of nitrogens with one attached hydrogen (secondary N) is 1. The number of morpholine rings is 1. The van der Waals surface area contributed by atoms with E-state index in [0.29, 0.717) is 51.3 Å². The van der Waals surface area contributed by atoms with Crippen molar-refractivity contribution >= 4 is 23.7 Å². The number of benzene rings is 1. The number of hydrogen-bond donors (Lipinski definition) is 2. The zero-order valence-corrected chi connectivity index (χ0v) is 28.7. The van der Waals surface area contributed by atoms with E-state index in [9.17, 15) is 24.3 Å². The Morgan fingerprint density at radius 3 is 2.49 bits per heavy atom. The molecule has 1 spiro atoms. The van der Waals surface area contributed by atoms with E-state index in [2.05, 4.69) is 10.2 Å². The summed E-state index contributed by atoms with van der Waals surface area (Å²) in [6, 6.07) is 6.93. The third-order valence-electron chi connectivity index (χ3n) is 10.5. The summed E-state index contributed by atoms with van der Waals surface area (Å²) in [5.74, 6) is -3.49. The van der Waals surface area contributed by atoms with Gasteiger partial charge in [0.1, 0.15) is 23.7 Å². The van der Waals surface area contributed by atoms with Crippen molar-refractivity contribution in [2.24, 2.45) is 17.8 Å². The molecule has 5 aliphatic heterocycles. The summed E-state index contributed by atoms with van der Waals surface area (Å²) in [5, 5.41) is 13.6. The van der Waals surface area contributed by atoms with Gasteiger partial charge in [-0.3, -0.25) is 24.1 Å². The fraction of sp³-hybridized carbons (Fsp3) is 0.622. The van der Waals surface area contributed by atoms with Crippen molar-refractivity contribution in [1.82, 2.24) is 20.0 Å². The van der Waals surface area contributed by atoms with E-state index in [4.69, 9.17) is 14.2 Å². The Morgan fingerprint density at radius 2 is 1.78 bits per heavy atom. The minimum atomic E-state index is -1.47. The van der Waals surface area contributed by atoms with E-state index in [0.717, 1.165) is 13.1 Å². The summed E-state index contributed by atoms with van der Waals surface area (Å²) >= 11 is 0. The zero-order valence-electron chi connectivity index (χ0n) is 28.7. The number of cyclic esters (lactones) is 1. The molecular formula is C37H50N4O8. The Hall–Kier alpha value is -3.58. The first-order chi connectivity index (χ1) is 23.6. The summed E-state index contributed by atoms with van der Waals surface area (Å²) in [7, 11) is 0. The molecule has 12 nitrogen and oxygen atoms in total. The third kappa shape index (κ3) is 7.06. The first kappa shape index (κ1) is 35.3. The van der Waals surface area contributed by atoms with Crippen molar-refractivity contribution in [2.75, 3.05) is 52.5 Å². The van der Waals surface area contributed by atoms with E-state index in [1.165, 1.54) is 4.90 Å². The van der Waals surface area contributed by atoms with Gasteiger partial charge in [-0.1, -0.05) is 68.5 Å². The van der Waals surface area contributed by atoms with Crippen LogP contribution in [0.4, 0.5) is 0 Å². The Bertz CT molecular complexity index is 1430. The second kappa shape index (κ2) is 15.1. The summed E-state index contributed by atoms with van der Waals surface area (Å²) in [6.07, 6.45) is 6.61. The molecule has 0 aliphatic carbocycles. The number of carbonyl (C=O) groups is 4. The fourth-order valence-electron chi connectivity index (χ4n) is 8.19. The van der Waals surface area contributed by atoms with E-state index < -0.39 is 59.6 Å². The van der Waals surface area contributed by atoms with Crippen LogP contribution in [0.15, 0.2) is 54.6 Å². The van der Waals surface area contributed by atoms with Crippen LogP contribution in [-0.2, 0) is 33.4 Å². The normalized spacial score (nSPS) is 33.9. The minimum absolute atomic E-state index is 0.126. The molecule has 3 amide bonds. The molecule has 1 aromatic rings. The van der Waals surface area contributed by atoms with Crippen LogP contribution in [0.2, 0.25) is 0 Å². The topological polar surface area (TPSA) is 138 Å². The number of esters is 1. The Balaban J connectivity index is 1.40. The number of hydrogen-bond acceptors (Lipinski definition) is 9. The lowest BCUT2D eigenvalue weighted by Crippen LogP contribution is -2.59. The van der Waals surface area contributed by atoms with Gasteiger partial charge in [-0.25, -0.2) is 0 Å². The molecule has 1 aromatic carbocycles. The molecule has 12 heteroatoms. The van der Waals surface area contributed by atoms with Gasteiger partial charge in [0.2, 0.25) is 17.7 Å². The molecule has 3 fully saturated rings. The standard InChI is InChI=1S/C37H50N4O8/c1-24(2)22-27(23-42)41-33-35(45)40(17-16-39-18-20-47-21-19-39)15-9-14-37(33)31(34(41)44)30-28(49-37)12-7-8-13-29(43)38-25(3)32(48-36(30)46)26-10-5-4-6-11-26/h4-7,9-12,14,24-25,27-28,30-33,42H,8,13,15-23H2,1-3H3,(H,38,43)/b12-7-/t25-,27-,28-,30+,31+,32+,33-,37+/m1/s1. The van der Waals surface area contributed by atoms with Gasteiger partial charge in [-0.2, -0.15) is 0 Å². The maximum absolute atomic E-state index is 14.9. The van der Waals surface area contributed by atoms with E-state index in [1.807, 2.05) is 56.3 Å². The van der Waals surface area contributed by atoms with E-state index >= 15 is 0 Å². The van der Waals surface area contributed by atoms with Crippen molar-refractivity contribution in [3.05, 3.63) is 60.2 Å². The highest BCUT2D eigenvalue weighted by Crippen LogP contribution is 2.54. The van der Waals surface area contributed by atoms with Crippen LogP contribution < -0.4 is 5.32 Å². The SMILES string of the molecule is CC(C)C[C@H](CO)N1C(=O)[C@@H]2[C@H]3C(=O)O[C@H](c4ccccc4)[C@@H](C)NC(=O)CC/C=C\[C@H]3O[C@@]23C=CCN(CCN2CCOCC2)C(=O)[C@@H]13. The molecular weight excluding hydrogens is 628 g/mol. The maximum atomic E-state index is 14.9. The monoisotopic (exact) mass is 678 g/mol. The van der Waals surface area contributed by atoms with Crippen LogP contribution >= 0.6 is 0 Å². The fourth-order valence-corrected chi connectivity index (χ4v) is 8.19. The van der Waals surface area contributed by atoms with Gasteiger partial charge >= 0.3 is 5.97 Å². The van der Waals surface area contributed by atoms with Crippen molar-refractivity contribution in [1.29, 1.82) is 0 Å². The van der Waals surface area contributed by atoms with Gasteiger partial charge in [0.15, 0.2) is 0 Å². The highest BCUT2D eigenvalue weighted by molar-refractivity contribution is 5.99. The molecule has 2 N–H and O–H groups in total. The summed E-state index contributed by atoms with van der Waals surface area (Å²) < 4.78 is 18.6. The molecule has 49 heavy (non-hydrogen) atoms. The van der Waals surface area contributed by atoms with Crippen LogP contribution in [0.1, 0.15) is 51.7 Å². The summed E-state index contributed by atoms with van der Waals surface area (Å²) in [4.78, 5) is 62.4. The number of likely N-dealkylation sites (tertiary alicyclic amines) is 1. The van der Waals surface area contributed by atoms with Gasteiger partial charge in [-0.15, -0.1) is 0 Å². The first-order valence-electron chi connectivity index (χ1n) is 17.7. The predicted octanol–water partition coefficient (Wildman–Crippen LogP) is 1.84. The maximum Gasteiger partial charge on any atom is 0.313 e. The quantitative estimate of drug-likeness (QED) is 0.312. The molecule has 0 saturated carbocycles. The first-order valence-corrected chi connectivity index (χ1v) is 17.7. The van der Waals surface area contributed by atoms with Gasteiger partial charge in [0.25, 0.3) is 0 Å². The van der Waals surface area contributed by atoms with Crippen LogP contribution in [-0.4, -0.2) is 126 Å². The minimum Gasteiger partial charge on any atom is -0.455 e. The van der Waals surface area contributed by atoms with E-state index in [-0.39, 0.29) is 30.8 Å². The lowest BCUT2D eigenvalue weighted by molar-refractivity contribution is -0.162. The van der Waals surface area contributed by atoms with Gasteiger partial charge in [-0.05, 0) is 31.2 Å². The molecule has 8 atom stereocenters. The largest absolute Gasteiger partial charge is 0.455 e. The van der Waals surface area contributed by atoms with Crippen LogP contribution in [0.25, 0.3) is 0 Å². The van der Waals surface area contributed by atoms with Crippen molar-refractivity contribution < 1.29 is 38.5 Å². The van der Waals surface area contributed by atoms with Crippen molar-refractivity contribution in [3.8, 4) is 0 Å². The van der Waals surface area contributed by atoms with Crippen molar-refractivity contribution in [3.63, 3.8) is 0 Å². The second-order valence-electron chi connectivity index (χ2n) is 14.3. The third-order valence-corrected chi connectivity index (χ3v) is 10.5. The highest BCUT2D eigenvalue weighted by Gasteiger charge is 2.72. The molecule has 5 aliphatic rings. The van der Waals surface area contributed by atoms with E-state index in [1.54, 1.807) is 24.0 Å². The summed E-state index contributed by atoms with van der Waals surface area (Å²) in [5.41, 5.74) is -0.760. The Morgan fingerprint density at radius 1 is 1.02 bits per heavy atom. The number of fused-ring (bicyclic) bond motifs is 2. The number of ether oxygens (including phenoxy) is 3. The van der Waals surface area contributed by atoms with Crippen LogP contribution in [0.3, 0.4) is 0 Å². The van der Waals surface area contributed by atoms with Gasteiger partial charge < -0.3 is 34.4 Å². The number of rotatable bonds is 8. The second-order valence-corrected chi connectivity index (χ2v) is 14.3. The number of aliphatic hydroxyl groups excluding tert-OH is 1. The lowest BCUT2D eigenvalue weighted by atomic mass is 9.77. The molecule has 5 heterocycles. The smallest absolute Gasteiger partial charge is 0.313 e. The average Bonchev–Trinajstić information content (AvgIpc) is 3.49. The number of amides is 3. The molecule has 3 saturated heterocycles. The number of allylic oxidation sites excluding steroid dienone is 1. The number of carbonyl (C=O) groups excluding carboxylic acids is 4. The molecule has 0 radical (unpaired) electrons. The number of aliphatic hydroxyl groups is 1. The number of nitrogens with zero attached hydrogens (tertiary/aromatic N) is 3. The zero-order chi connectivity index (χ0) is 34.7. The summed E-state index contributed by atoms with van der Waals surface area (Å²) in [6.45, 7) is 9.76. The highest BCUT2D eigenvalue weighted by atomic mass is 16.6. The molecule has 0 bridgehead atoms. The Labute approximate surface area is 288 Å². The molecule has 266 valence electrons. The predicted molar refractivity (Wildman–Crippen MR) is 180 cm³/mol.